The van der Waals surface area contributed by atoms with Crippen molar-refractivity contribution in [1.29, 1.82) is 0 Å². The smallest absolute Gasteiger partial charge is 0.242 e. The van der Waals surface area contributed by atoms with E-state index in [1.807, 2.05) is 0 Å². The summed E-state index contributed by atoms with van der Waals surface area (Å²) in [7, 11) is 0. The van der Waals surface area contributed by atoms with Gasteiger partial charge >= 0.3 is 0 Å². The summed E-state index contributed by atoms with van der Waals surface area (Å²) in [6.45, 7) is 0.677. The van der Waals surface area contributed by atoms with E-state index in [0.717, 1.165) is 4.88 Å². The van der Waals surface area contributed by atoms with Crippen LogP contribution in [0, 0.1) is 0 Å². The summed E-state index contributed by atoms with van der Waals surface area (Å²) in [4.78, 5) is 16.4. The first-order valence-electron chi connectivity index (χ1n) is 4.66. The lowest BCUT2D eigenvalue weighted by atomic mass is 10.5. The number of carbonyl (C=O) groups is 1. The lowest BCUT2D eigenvalue weighted by Gasteiger charge is -2.03. The fourth-order valence-corrected chi connectivity index (χ4v) is 1.72. The number of nitrogens with one attached hydrogen (secondary N) is 1. The summed E-state index contributed by atoms with van der Waals surface area (Å²) < 4.78 is 1.50. The molecule has 2 rings (SSSR count). The molecule has 2 aromatic rings. The lowest BCUT2D eigenvalue weighted by Crippen LogP contribution is -2.26. The van der Waals surface area contributed by atoms with Crippen molar-refractivity contribution in [3.8, 4) is 0 Å². The Morgan fingerprint density at radius 1 is 1.56 bits per heavy atom. The lowest BCUT2D eigenvalue weighted by molar-refractivity contribution is -0.122. The maximum absolute atomic E-state index is 11.5. The summed E-state index contributed by atoms with van der Waals surface area (Å²) >= 11 is 1.51. The molecule has 16 heavy (non-hydrogen) atoms. The third-order valence-electron chi connectivity index (χ3n) is 1.90. The summed E-state index contributed by atoms with van der Waals surface area (Å²) in [5.74, 6) is -0.100. The first kappa shape index (κ1) is 10.6. The van der Waals surface area contributed by atoms with Crippen molar-refractivity contribution < 1.29 is 4.79 Å². The molecule has 0 fully saturated rings. The highest BCUT2D eigenvalue weighted by atomic mass is 32.1. The van der Waals surface area contributed by atoms with Gasteiger partial charge in [-0.25, -0.2) is 0 Å². The molecule has 0 aliphatic rings. The van der Waals surface area contributed by atoms with Crippen molar-refractivity contribution in [3.63, 3.8) is 0 Å². The molecule has 0 radical (unpaired) electrons. The van der Waals surface area contributed by atoms with Gasteiger partial charge in [0.05, 0.1) is 23.9 Å². The molecule has 0 aromatic carbocycles. The molecule has 0 atom stereocenters. The zero-order valence-electron chi connectivity index (χ0n) is 8.46. The van der Waals surface area contributed by atoms with Crippen LogP contribution in [-0.2, 0) is 17.9 Å². The maximum atomic E-state index is 11.5. The predicted octanol–water partition coefficient (Wildman–Crippen LogP) is 0.238. The first-order valence-corrected chi connectivity index (χ1v) is 5.54. The highest BCUT2D eigenvalue weighted by Crippen LogP contribution is 2.04. The first-order chi connectivity index (χ1) is 7.74. The van der Waals surface area contributed by atoms with E-state index in [-0.39, 0.29) is 12.5 Å². The van der Waals surface area contributed by atoms with Crippen molar-refractivity contribution in [3.05, 3.63) is 29.0 Å². The summed E-state index contributed by atoms with van der Waals surface area (Å²) in [6.07, 6.45) is 4.86. The summed E-state index contributed by atoms with van der Waals surface area (Å²) in [6, 6.07) is 0. The highest BCUT2D eigenvalue weighted by Gasteiger charge is 2.04. The van der Waals surface area contributed by atoms with Crippen LogP contribution in [0.5, 0.6) is 0 Å². The molecule has 7 heteroatoms. The van der Waals surface area contributed by atoms with E-state index in [0.29, 0.717) is 12.2 Å². The van der Waals surface area contributed by atoms with Crippen LogP contribution >= 0.6 is 11.3 Å². The van der Waals surface area contributed by atoms with Gasteiger partial charge in [0.25, 0.3) is 0 Å². The van der Waals surface area contributed by atoms with Crippen LogP contribution in [0.25, 0.3) is 0 Å². The largest absolute Gasteiger partial charge is 0.396 e. The third kappa shape index (κ3) is 2.80. The Balaban J connectivity index is 1.81. The Morgan fingerprint density at radius 2 is 2.44 bits per heavy atom. The van der Waals surface area contributed by atoms with E-state index in [9.17, 15) is 4.79 Å². The number of thiazole rings is 1. The molecule has 84 valence electrons. The van der Waals surface area contributed by atoms with E-state index >= 15 is 0 Å². The van der Waals surface area contributed by atoms with Crippen LogP contribution in [0.1, 0.15) is 4.88 Å². The van der Waals surface area contributed by atoms with Crippen LogP contribution in [0.3, 0.4) is 0 Å². The molecule has 2 aromatic heterocycles. The highest BCUT2D eigenvalue weighted by molar-refractivity contribution is 7.09. The Labute approximate surface area is 96.1 Å². The minimum absolute atomic E-state index is 0.100. The van der Waals surface area contributed by atoms with Gasteiger partial charge in [0.2, 0.25) is 5.91 Å². The van der Waals surface area contributed by atoms with E-state index in [4.69, 9.17) is 5.73 Å². The van der Waals surface area contributed by atoms with Gasteiger partial charge in [-0.05, 0) is 0 Å². The molecule has 0 spiro atoms. The Morgan fingerprint density at radius 3 is 3.06 bits per heavy atom. The zero-order valence-corrected chi connectivity index (χ0v) is 9.28. The molecule has 2 heterocycles. The van der Waals surface area contributed by atoms with Crippen LogP contribution in [0.15, 0.2) is 24.1 Å². The molecule has 0 aliphatic carbocycles. The van der Waals surface area contributed by atoms with Gasteiger partial charge in [-0.2, -0.15) is 5.10 Å². The predicted molar refractivity (Wildman–Crippen MR) is 60.6 cm³/mol. The maximum Gasteiger partial charge on any atom is 0.242 e. The molecule has 0 unspecified atom stereocenters. The Bertz CT molecular complexity index is 464. The van der Waals surface area contributed by atoms with Crippen molar-refractivity contribution in [2.24, 2.45) is 0 Å². The average molecular weight is 237 g/mol. The van der Waals surface area contributed by atoms with E-state index in [2.05, 4.69) is 15.4 Å². The van der Waals surface area contributed by atoms with Crippen molar-refractivity contribution in [2.45, 2.75) is 13.1 Å². The van der Waals surface area contributed by atoms with Crippen LogP contribution in [0.4, 0.5) is 5.69 Å². The number of amides is 1. The average Bonchev–Trinajstić information content (AvgIpc) is 2.87. The quantitative estimate of drug-likeness (QED) is 0.797. The number of nitrogens with two attached hydrogens (primary N) is 1. The van der Waals surface area contributed by atoms with Crippen LogP contribution in [-0.4, -0.2) is 20.7 Å². The Hall–Kier alpha value is -1.89. The second-order valence-electron chi connectivity index (χ2n) is 3.22. The topological polar surface area (TPSA) is 85.8 Å². The van der Waals surface area contributed by atoms with Gasteiger partial charge in [-0.1, -0.05) is 0 Å². The number of nitrogens with zero attached hydrogens (tertiary/aromatic N) is 3. The molecular formula is C9H11N5OS. The number of aromatic nitrogens is 3. The minimum Gasteiger partial charge on any atom is -0.396 e. The van der Waals surface area contributed by atoms with E-state index in [1.54, 1.807) is 17.9 Å². The second kappa shape index (κ2) is 4.75. The zero-order chi connectivity index (χ0) is 11.4. The normalized spacial score (nSPS) is 10.2. The van der Waals surface area contributed by atoms with Crippen molar-refractivity contribution in [1.82, 2.24) is 20.1 Å². The number of hydrogen-bond donors (Lipinski definition) is 2. The van der Waals surface area contributed by atoms with Gasteiger partial charge in [0.1, 0.15) is 6.54 Å². The van der Waals surface area contributed by atoms with Gasteiger partial charge in [-0.3, -0.25) is 14.5 Å². The van der Waals surface area contributed by atoms with Gasteiger partial charge in [0, 0.05) is 17.3 Å². The van der Waals surface area contributed by atoms with Crippen molar-refractivity contribution in [2.75, 3.05) is 5.73 Å². The number of carbonyl (C=O) groups excluding carboxylic acids is 1. The van der Waals surface area contributed by atoms with Crippen LogP contribution < -0.4 is 11.1 Å². The van der Waals surface area contributed by atoms with Gasteiger partial charge < -0.3 is 11.1 Å². The number of nitrogen functional groups attached to an aromatic ring is 1. The van der Waals surface area contributed by atoms with Gasteiger partial charge in [-0.15, -0.1) is 11.3 Å². The fraction of sp³-hybridized carbons (Fsp3) is 0.222. The van der Waals surface area contributed by atoms with E-state index < -0.39 is 0 Å². The van der Waals surface area contributed by atoms with E-state index in [1.165, 1.54) is 22.2 Å². The standard InChI is InChI=1S/C9H11N5OS/c10-7-1-13-14(4-7)5-9(15)12-3-8-2-11-6-16-8/h1-2,4,6H,3,5,10H2,(H,12,15). The SMILES string of the molecule is Nc1cnn(CC(=O)NCc2cncs2)c1. The van der Waals surface area contributed by atoms with Crippen LogP contribution in [0.2, 0.25) is 0 Å². The number of rotatable bonds is 4. The molecule has 0 aliphatic heterocycles. The molecule has 6 nitrogen and oxygen atoms in total. The number of hydrogen-bond acceptors (Lipinski definition) is 5. The minimum atomic E-state index is -0.100. The molecule has 3 N–H and O–H groups in total. The molecule has 0 bridgehead atoms. The Kier molecular flexibility index (Phi) is 3.16. The van der Waals surface area contributed by atoms with Crippen molar-refractivity contribution >= 4 is 22.9 Å². The third-order valence-corrected chi connectivity index (χ3v) is 2.68. The summed E-state index contributed by atoms with van der Waals surface area (Å²) in [5, 5.41) is 6.69. The summed E-state index contributed by atoms with van der Waals surface area (Å²) in [5.41, 5.74) is 7.77. The fourth-order valence-electron chi connectivity index (χ4n) is 1.18. The molecule has 0 saturated heterocycles. The monoisotopic (exact) mass is 237 g/mol. The van der Waals surface area contributed by atoms with Gasteiger partial charge in [0.15, 0.2) is 0 Å². The number of anilines is 1. The molecule has 1 amide bonds. The molecular weight excluding hydrogens is 226 g/mol. The molecule has 0 saturated carbocycles. The second-order valence-corrected chi connectivity index (χ2v) is 4.19.